The molecule has 0 aliphatic heterocycles. The van der Waals surface area contributed by atoms with Gasteiger partial charge in [-0.25, -0.2) is 4.39 Å². The molecule has 0 heterocycles. The van der Waals surface area contributed by atoms with Crippen molar-refractivity contribution < 1.29 is 14.1 Å². The van der Waals surface area contributed by atoms with Crippen molar-refractivity contribution in [3.63, 3.8) is 0 Å². The van der Waals surface area contributed by atoms with Crippen molar-refractivity contribution >= 4 is 23.2 Å². The fraction of sp³-hybridized carbons (Fsp3) is 0.417. The number of non-ortho nitro benzene ring substituents is 1. The molecule has 1 aliphatic rings. The second kappa shape index (κ2) is 5.52. The van der Waals surface area contributed by atoms with Crippen molar-refractivity contribution in [3.05, 3.63) is 39.7 Å². The first-order valence-corrected chi connectivity index (χ1v) is 6.39. The fourth-order valence-electron chi connectivity index (χ4n) is 1.87. The highest BCUT2D eigenvalue weighted by Crippen LogP contribution is 2.29. The molecule has 0 atom stereocenters. The van der Waals surface area contributed by atoms with Crippen LogP contribution in [0.4, 0.5) is 10.1 Å². The van der Waals surface area contributed by atoms with Crippen LogP contribution in [0.2, 0.25) is 0 Å². The molecule has 0 bridgehead atoms. The lowest BCUT2D eigenvalue weighted by Crippen LogP contribution is -2.35. The van der Waals surface area contributed by atoms with E-state index in [9.17, 15) is 19.3 Å². The summed E-state index contributed by atoms with van der Waals surface area (Å²) in [4.78, 5) is 23.5. The summed E-state index contributed by atoms with van der Waals surface area (Å²) >= 11 is 5.63. The maximum absolute atomic E-state index is 13.8. The molecule has 1 fully saturated rings. The Balaban J connectivity index is 2.24. The minimum atomic E-state index is -0.876. The third kappa shape index (κ3) is 3.01. The highest BCUT2D eigenvalue weighted by molar-refractivity contribution is 6.18. The number of halogens is 2. The van der Waals surface area contributed by atoms with Crippen molar-refractivity contribution in [1.82, 2.24) is 4.90 Å². The van der Waals surface area contributed by atoms with Crippen LogP contribution >= 0.6 is 11.6 Å². The molecule has 0 saturated heterocycles. The van der Waals surface area contributed by atoms with Gasteiger partial charge in [0.05, 0.1) is 16.6 Å². The van der Waals surface area contributed by atoms with E-state index >= 15 is 0 Å². The summed E-state index contributed by atoms with van der Waals surface area (Å²) in [6, 6.07) is 3.15. The number of benzene rings is 1. The molecule has 2 rings (SSSR count). The van der Waals surface area contributed by atoms with E-state index in [0.717, 1.165) is 31.0 Å². The molecular weight excluding hydrogens is 275 g/mol. The molecule has 1 aliphatic carbocycles. The molecule has 7 heteroatoms. The van der Waals surface area contributed by atoms with Gasteiger partial charge in [0.1, 0.15) is 5.82 Å². The van der Waals surface area contributed by atoms with Gasteiger partial charge in [0.15, 0.2) is 0 Å². The summed E-state index contributed by atoms with van der Waals surface area (Å²) in [7, 11) is 0. The van der Waals surface area contributed by atoms with Gasteiger partial charge in [0, 0.05) is 24.5 Å². The van der Waals surface area contributed by atoms with Gasteiger partial charge in [-0.2, -0.15) is 0 Å². The van der Waals surface area contributed by atoms with Crippen LogP contribution in [0.15, 0.2) is 18.2 Å². The molecule has 19 heavy (non-hydrogen) atoms. The van der Waals surface area contributed by atoms with Crippen LogP contribution in [0.5, 0.6) is 0 Å². The summed E-state index contributed by atoms with van der Waals surface area (Å²) in [6.45, 7) is 0.349. The Labute approximate surface area is 114 Å². The Hall–Kier alpha value is -1.69. The van der Waals surface area contributed by atoms with Gasteiger partial charge in [-0.05, 0) is 18.9 Å². The number of rotatable bonds is 5. The fourth-order valence-corrected chi connectivity index (χ4v) is 2.06. The molecule has 0 aromatic heterocycles. The van der Waals surface area contributed by atoms with Gasteiger partial charge in [-0.15, -0.1) is 11.6 Å². The van der Waals surface area contributed by atoms with E-state index in [1.54, 1.807) is 0 Å². The SMILES string of the molecule is O=C(c1ccc([N+](=O)[O-])cc1F)N(CCCl)C1CC1. The largest absolute Gasteiger partial charge is 0.334 e. The molecule has 1 amide bonds. The van der Waals surface area contributed by atoms with Crippen molar-refractivity contribution in [2.45, 2.75) is 18.9 Å². The Morgan fingerprint density at radius 2 is 2.21 bits per heavy atom. The van der Waals surface area contributed by atoms with Gasteiger partial charge in [-0.1, -0.05) is 0 Å². The van der Waals surface area contributed by atoms with E-state index in [1.165, 1.54) is 4.90 Å². The number of nitrogens with zero attached hydrogens (tertiary/aromatic N) is 2. The Bertz CT molecular complexity index is 520. The maximum atomic E-state index is 13.8. The van der Waals surface area contributed by atoms with Gasteiger partial charge >= 0.3 is 0 Å². The zero-order valence-corrected chi connectivity index (χ0v) is 10.8. The maximum Gasteiger partial charge on any atom is 0.272 e. The number of carbonyl (C=O) groups is 1. The summed E-state index contributed by atoms with van der Waals surface area (Å²) in [6.07, 6.45) is 1.77. The van der Waals surface area contributed by atoms with Gasteiger partial charge in [0.2, 0.25) is 0 Å². The molecule has 1 aromatic carbocycles. The molecule has 5 nitrogen and oxygen atoms in total. The first-order chi connectivity index (χ1) is 9.04. The lowest BCUT2D eigenvalue weighted by molar-refractivity contribution is -0.385. The number of carbonyl (C=O) groups excluding carboxylic acids is 1. The van der Waals surface area contributed by atoms with Crippen LogP contribution < -0.4 is 0 Å². The average Bonchev–Trinajstić information content (AvgIpc) is 3.19. The van der Waals surface area contributed by atoms with Crippen LogP contribution in [-0.4, -0.2) is 34.2 Å². The minimum absolute atomic E-state index is 0.112. The zero-order valence-electron chi connectivity index (χ0n) is 10.0. The van der Waals surface area contributed by atoms with E-state index in [1.807, 2.05) is 0 Å². The Morgan fingerprint density at radius 3 is 2.68 bits per heavy atom. The van der Waals surface area contributed by atoms with E-state index in [4.69, 9.17) is 11.6 Å². The highest BCUT2D eigenvalue weighted by Gasteiger charge is 2.33. The molecule has 102 valence electrons. The van der Waals surface area contributed by atoms with Crippen molar-refractivity contribution in [2.24, 2.45) is 0 Å². The third-order valence-electron chi connectivity index (χ3n) is 2.97. The van der Waals surface area contributed by atoms with Crippen LogP contribution in [0.1, 0.15) is 23.2 Å². The predicted octanol–water partition coefficient (Wildman–Crippen LogP) is 2.58. The zero-order chi connectivity index (χ0) is 14.0. The lowest BCUT2D eigenvalue weighted by Gasteiger charge is -2.21. The summed E-state index contributed by atoms with van der Waals surface area (Å²) in [5, 5.41) is 10.5. The molecule has 0 radical (unpaired) electrons. The molecular formula is C12H12ClFN2O3. The molecule has 1 aromatic rings. The number of hydrogen-bond donors (Lipinski definition) is 0. The van der Waals surface area contributed by atoms with Gasteiger partial charge in [0.25, 0.3) is 11.6 Å². The van der Waals surface area contributed by atoms with E-state index in [-0.39, 0.29) is 23.2 Å². The first-order valence-electron chi connectivity index (χ1n) is 5.85. The lowest BCUT2D eigenvalue weighted by atomic mass is 10.1. The number of hydrogen-bond acceptors (Lipinski definition) is 3. The van der Waals surface area contributed by atoms with Crippen LogP contribution in [0.3, 0.4) is 0 Å². The third-order valence-corrected chi connectivity index (χ3v) is 3.14. The smallest absolute Gasteiger partial charge is 0.272 e. The number of alkyl halides is 1. The Kier molecular flexibility index (Phi) is 3.99. The number of amides is 1. The van der Waals surface area contributed by atoms with Crippen LogP contribution in [0, 0.1) is 15.9 Å². The normalized spacial score (nSPS) is 14.2. The molecule has 1 saturated carbocycles. The summed E-state index contributed by atoms with van der Waals surface area (Å²) in [5.41, 5.74) is -0.521. The number of nitro benzene ring substituents is 1. The van der Waals surface area contributed by atoms with Crippen LogP contribution in [0.25, 0.3) is 0 Å². The van der Waals surface area contributed by atoms with Crippen LogP contribution in [-0.2, 0) is 0 Å². The second-order valence-electron chi connectivity index (χ2n) is 4.34. The summed E-state index contributed by atoms with van der Waals surface area (Å²) in [5.74, 6) is -1.06. The van der Waals surface area contributed by atoms with E-state index in [2.05, 4.69) is 0 Å². The standard InChI is InChI=1S/C12H12ClFN2O3/c13-5-6-15(8-1-2-8)12(17)10-4-3-9(16(18)19)7-11(10)14/h3-4,7-8H,1-2,5-6H2. The van der Waals surface area contributed by atoms with Crippen molar-refractivity contribution in [1.29, 1.82) is 0 Å². The van der Waals surface area contributed by atoms with Crippen molar-refractivity contribution in [3.8, 4) is 0 Å². The highest BCUT2D eigenvalue weighted by atomic mass is 35.5. The molecule has 0 N–H and O–H groups in total. The van der Waals surface area contributed by atoms with E-state index in [0.29, 0.717) is 6.54 Å². The van der Waals surface area contributed by atoms with Gasteiger partial charge in [-0.3, -0.25) is 14.9 Å². The van der Waals surface area contributed by atoms with E-state index < -0.39 is 16.6 Å². The quantitative estimate of drug-likeness (QED) is 0.475. The topological polar surface area (TPSA) is 63.4 Å². The van der Waals surface area contributed by atoms with Crippen molar-refractivity contribution in [2.75, 3.05) is 12.4 Å². The Morgan fingerprint density at radius 1 is 1.53 bits per heavy atom. The van der Waals surface area contributed by atoms with Gasteiger partial charge < -0.3 is 4.90 Å². The second-order valence-corrected chi connectivity index (χ2v) is 4.72. The molecule has 0 spiro atoms. The average molecular weight is 287 g/mol. The summed E-state index contributed by atoms with van der Waals surface area (Å²) < 4.78 is 13.8. The molecule has 0 unspecified atom stereocenters. The monoisotopic (exact) mass is 286 g/mol. The first kappa shape index (κ1) is 13.7. The number of nitro groups is 1. The predicted molar refractivity (Wildman–Crippen MR) is 67.8 cm³/mol. The minimum Gasteiger partial charge on any atom is -0.334 e.